The van der Waals surface area contributed by atoms with E-state index in [9.17, 15) is 15.4 Å². The largest absolute Gasteiger partial charge is 0.309 e. The monoisotopic (exact) mass is 273 g/mol. The zero-order chi connectivity index (χ0) is 14.4. The molecule has 20 heavy (non-hydrogen) atoms. The van der Waals surface area contributed by atoms with Gasteiger partial charge in [-0.1, -0.05) is 31.4 Å². The lowest BCUT2D eigenvalue weighted by Crippen LogP contribution is -2.34. The number of nitro groups is 1. The van der Waals surface area contributed by atoms with E-state index >= 15 is 0 Å². The first-order chi connectivity index (χ1) is 9.70. The van der Waals surface area contributed by atoms with Crippen molar-refractivity contribution in [3.63, 3.8) is 0 Å². The quantitative estimate of drug-likeness (QED) is 0.519. The second kappa shape index (κ2) is 7.01. The highest BCUT2D eigenvalue weighted by Gasteiger charge is 2.22. The first-order valence-corrected chi connectivity index (χ1v) is 7.07. The van der Waals surface area contributed by atoms with Crippen LogP contribution in [0.3, 0.4) is 0 Å². The molecule has 0 aliphatic heterocycles. The van der Waals surface area contributed by atoms with Gasteiger partial charge in [-0.05, 0) is 18.4 Å². The third-order valence-electron chi connectivity index (χ3n) is 3.87. The van der Waals surface area contributed by atoms with Crippen molar-refractivity contribution in [2.75, 3.05) is 0 Å². The second-order valence-electron chi connectivity index (χ2n) is 5.29. The van der Waals surface area contributed by atoms with Crippen molar-refractivity contribution in [3.8, 4) is 6.07 Å². The third kappa shape index (κ3) is 3.78. The number of non-ortho nitro benzene ring substituents is 1. The summed E-state index contributed by atoms with van der Waals surface area (Å²) in [6.45, 7) is 0.574. The SMILES string of the molecule is N#CC1CCCCCC1NCc1cccc([N+](=O)[O-])c1. The molecule has 1 fully saturated rings. The molecular weight excluding hydrogens is 254 g/mol. The Hall–Kier alpha value is -1.93. The Bertz CT molecular complexity index is 510. The molecule has 5 heteroatoms. The van der Waals surface area contributed by atoms with E-state index in [1.165, 1.54) is 12.5 Å². The normalized spacial score (nSPS) is 22.8. The summed E-state index contributed by atoms with van der Waals surface area (Å²) in [4.78, 5) is 10.4. The molecule has 1 aliphatic carbocycles. The molecule has 2 atom stereocenters. The summed E-state index contributed by atoms with van der Waals surface area (Å²) in [6, 6.07) is 9.24. The summed E-state index contributed by atoms with van der Waals surface area (Å²) in [5.74, 6) is 0.0520. The Morgan fingerprint density at radius 1 is 1.35 bits per heavy atom. The Balaban J connectivity index is 1.98. The zero-order valence-corrected chi connectivity index (χ0v) is 11.4. The molecule has 0 bridgehead atoms. The lowest BCUT2D eigenvalue weighted by Gasteiger charge is -2.20. The van der Waals surface area contributed by atoms with Crippen molar-refractivity contribution in [2.24, 2.45) is 5.92 Å². The Morgan fingerprint density at radius 2 is 2.15 bits per heavy atom. The third-order valence-corrected chi connectivity index (χ3v) is 3.87. The van der Waals surface area contributed by atoms with Crippen LogP contribution in [-0.4, -0.2) is 11.0 Å². The molecule has 1 saturated carbocycles. The van der Waals surface area contributed by atoms with Crippen LogP contribution in [0.4, 0.5) is 5.69 Å². The fourth-order valence-corrected chi connectivity index (χ4v) is 2.74. The first-order valence-electron chi connectivity index (χ1n) is 7.07. The summed E-state index contributed by atoms with van der Waals surface area (Å²) in [5.41, 5.74) is 1.00. The van der Waals surface area contributed by atoms with Gasteiger partial charge in [0, 0.05) is 24.7 Å². The highest BCUT2D eigenvalue weighted by Crippen LogP contribution is 2.23. The summed E-state index contributed by atoms with van der Waals surface area (Å²) in [7, 11) is 0. The molecule has 0 aromatic heterocycles. The molecule has 1 aliphatic rings. The number of rotatable bonds is 4. The van der Waals surface area contributed by atoms with Gasteiger partial charge in [-0.2, -0.15) is 5.26 Å². The number of hydrogen-bond donors (Lipinski definition) is 1. The summed E-state index contributed by atoms with van der Waals surface area (Å²) in [5, 5.41) is 23.4. The van der Waals surface area contributed by atoms with E-state index in [1.807, 2.05) is 6.07 Å². The predicted molar refractivity (Wildman–Crippen MR) is 75.9 cm³/mol. The van der Waals surface area contributed by atoms with Crippen molar-refractivity contribution in [1.29, 1.82) is 5.26 Å². The number of nitro benzene ring substituents is 1. The standard InChI is InChI=1S/C15H19N3O2/c16-10-13-6-2-1-3-8-15(13)17-11-12-5-4-7-14(9-12)18(19)20/h4-5,7,9,13,15,17H,1-3,6,8,11H2. The zero-order valence-electron chi connectivity index (χ0n) is 11.4. The van der Waals surface area contributed by atoms with Gasteiger partial charge in [-0.15, -0.1) is 0 Å². The molecule has 5 nitrogen and oxygen atoms in total. The minimum absolute atomic E-state index is 0.0520. The van der Waals surface area contributed by atoms with E-state index in [0.29, 0.717) is 6.54 Å². The molecule has 0 amide bonds. The molecule has 2 rings (SSSR count). The van der Waals surface area contributed by atoms with E-state index in [4.69, 9.17) is 0 Å². The molecule has 106 valence electrons. The van der Waals surface area contributed by atoms with Gasteiger partial charge in [0.2, 0.25) is 0 Å². The topological polar surface area (TPSA) is 79.0 Å². The van der Waals surface area contributed by atoms with Gasteiger partial charge in [0.25, 0.3) is 5.69 Å². The van der Waals surface area contributed by atoms with Crippen molar-refractivity contribution in [3.05, 3.63) is 39.9 Å². The van der Waals surface area contributed by atoms with Crippen molar-refractivity contribution in [1.82, 2.24) is 5.32 Å². The van der Waals surface area contributed by atoms with E-state index in [0.717, 1.165) is 31.2 Å². The summed E-state index contributed by atoms with van der Waals surface area (Å²) < 4.78 is 0. The maximum absolute atomic E-state index is 10.7. The van der Waals surface area contributed by atoms with Gasteiger partial charge in [0.05, 0.1) is 16.9 Å². The van der Waals surface area contributed by atoms with Gasteiger partial charge in [-0.3, -0.25) is 10.1 Å². The molecule has 0 radical (unpaired) electrons. The highest BCUT2D eigenvalue weighted by atomic mass is 16.6. The van der Waals surface area contributed by atoms with Gasteiger partial charge in [0.1, 0.15) is 0 Å². The first kappa shape index (κ1) is 14.5. The van der Waals surface area contributed by atoms with Crippen LogP contribution in [0.25, 0.3) is 0 Å². The van der Waals surface area contributed by atoms with E-state index in [1.54, 1.807) is 12.1 Å². The van der Waals surface area contributed by atoms with Crippen LogP contribution in [0.1, 0.15) is 37.7 Å². The Morgan fingerprint density at radius 3 is 2.90 bits per heavy atom. The fourth-order valence-electron chi connectivity index (χ4n) is 2.74. The van der Waals surface area contributed by atoms with E-state index in [-0.39, 0.29) is 22.6 Å². The van der Waals surface area contributed by atoms with Gasteiger partial charge < -0.3 is 5.32 Å². The second-order valence-corrected chi connectivity index (χ2v) is 5.29. The maximum atomic E-state index is 10.7. The van der Waals surface area contributed by atoms with Crippen molar-refractivity contribution < 1.29 is 4.92 Å². The van der Waals surface area contributed by atoms with Crippen LogP contribution in [0.15, 0.2) is 24.3 Å². The number of benzene rings is 1. The average molecular weight is 273 g/mol. The van der Waals surface area contributed by atoms with Crippen LogP contribution < -0.4 is 5.32 Å². The Kier molecular flexibility index (Phi) is 5.08. The van der Waals surface area contributed by atoms with Crippen molar-refractivity contribution >= 4 is 5.69 Å². The predicted octanol–water partition coefficient (Wildman–Crippen LogP) is 3.16. The maximum Gasteiger partial charge on any atom is 0.269 e. The minimum atomic E-state index is -0.382. The minimum Gasteiger partial charge on any atom is -0.309 e. The van der Waals surface area contributed by atoms with Gasteiger partial charge in [-0.25, -0.2) is 0 Å². The van der Waals surface area contributed by atoms with Gasteiger partial charge >= 0.3 is 0 Å². The molecule has 1 aromatic rings. The number of nitriles is 1. The van der Waals surface area contributed by atoms with E-state index < -0.39 is 0 Å². The van der Waals surface area contributed by atoms with Crippen LogP contribution in [0.2, 0.25) is 0 Å². The average Bonchev–Trinajstić information content (AvgIpc) is 2.70. The highest BCUT2D eigenvalue weighted by molar-refractivity contribution is 5.34. The van der Waals surface area contributed by atoms with E-state index in [2.05, 4.69) is 11.4 Å². The molecular formula is C15H19N3O2. The fraction of sp³-hybridized carbons (Fsp3) is 0.533. The summed E-state index contributed by atoms with van der Waals surface area (Å²) >= 11 is 0. The molecule has 0 heterocycles. The molecule has 0 spiro atoms. The van der Waals surface area contributed by atoms with Gasteiger partial charge in [0.15, 0.2) is 0 Å². The smallest absolute Gasteiger partial charge is 0.269 e. The molecule has 2 unspecified atom stereocenters. The lowest BCUT2D eigenvalue weighted by atomic mass is 9.96. The lowest BCUT2D eigenvalue weighted by molar-refractivity contribution is -0.384. The Labute approximate surface area is 118 Å². The van der Waals surface area contributed by atoms with Crippen LogP contribution in [-0.2, 0) is 6.54 Å². The number of nitrogens with zero attached hydrogens (tertiary/aromatic N) is 2. The molecule has 1 aromatic carbocycles. The van der Waals surface area contributed by atoms with Crippen LogP contribution in [0, 0.1) is 27.4 Å². The number of hydrogen-bond acceptors (Lipinski definition) is 4. The summed E-state index contributed by atoms with van der Waals surface area (Å²) in [6.07, 6.45) is 5.40. The molecule has 1 N–H and O–H groups in total. The van der Waals surface area contributed by atoms with Crippen molar-refractivity contribution in [2.45, 2.75) is 44.7 Å². The molecule has 0 saturated heterocycles. The van der Waals surface area contributed by atoms with Crippen LogP contribution >= 0.6 is 0 Å². The number of nitrogens with one attached hydrogen (secondary N) is 1. The van der Waals surface area contributed by atoms with Crippen LogP contribution in [0.5, 0.6) is 0 Å².